The Morgan fingerprint density at radius 2 is 1.73 bits per heavy atom. The molecule has 0 N–H and O–H groups in total. The van der Waals surface area contributed by atoms with Gasteiger partial charge in [-0.05, 0) is 78.3 Å². The van der Waals surface area contributed by atoms with Crippen LogP contribution in [0.5, 0.6) is 0 Å². The summed E-state index contributed by atoms with van der Waals surface area (Å²) in [5.74, 6) is 1.28. The highest BCUT2D eigenvalue weighted by Gasteiger charge is 2.20. The first kappa shape index (κ1) is 17.3. The van der Waals surface area contributed by atoms with Crippen molar-refractivity contribution < 1.29 is 0 Å². The summed E-state index contributed by atoms with van der Waals surface area (Å²) in [6.07, 6.45) is 7.39. The summed E-state index contributed by atoms with van der Waals surface area (Å²) in [4.78, 5) is 4.82. The number of nitrogens with zero attached hydrogens (tertiary/aromatic N) is 1. The predicted molar refractivity (Wildman–Crippen MR) is 112 cm³/mol. The molecule has 0 amide bonds. The van der Waals surface area contributed by atoms with Gasteiger partial charge in [-0.25, -0.2) is 0 Å². The van der Waals surface area contributed by atoms with Crippen LogP contribution in [0.25, 0.3) is 22.0 Å². The average Bonchev–Trinajstić information content (AvgIpc) is 3.17. The molecule has 1 nitrogen and oxygen atoms in total. The Morgan fingerprint density at radius 3 is 2.46 bits per heavy atom. The van der Waals surface area contributed by atoms with Gasteiger partial charge in [0.05, 0.1) is 5.69 Å². The molecule has 0 saturated heterocycles. The van der Waals surface area contributed by atoms with Crippen LogP contribution in [0.2, 0.25) is 0 Å². The minimum Gasteiger partial charge on any atom is -0.256 e. The van der Waals surface area contributed by atoms with E-state index in [1.807, 2.05) is 6.20 Å². The van der Waals surface area contributed by atoms with Crippen molar-refractivity contribution in [2.24, 2.45) is 0 Å². The topological polar surface area (TPSA) is 12.9 Å². The van der Waals surface area contributed by atoms with Gasteiger partial charge in [0.1, 0.15) is 0 Å². The molecule has 1 heteroatoms. The molecule has 1 aliphatic carbocycles. The van der Waals surface area contributed by atoms with Crippen molar-refractivity contribution in [1.29, 1.82) is 0 Å². The first-order chi connectivity index (χ1) is 12.5. The van der Waals surface area contributed by atoms with Crippen LogP contribution >= 0.6 is 0 Å². The van der Waals surface area contributed by atoms with Gasteiger partial charge in [0, 0.05) is 17.1 Å². The van der Waals surface area contributed by atoms with Gasteiger partial charge in [-0.15, -0.1) is 0 Å². The molecule has 0 spiro atoms. The van der Waals surface area contributed by atoms with E-state index in [1.54, 1.807) is 0 Å². The average molecular weight is 344 g/mol. The van der Waals surface area contributed by atoms with Crippen LogP contribution in [-0.4, -0.2) is 4.98 Å². The second kappa shape index (κ2) is 6.87. The molecule has 1 heterocycles. The number of hydrogen-bond donors (Lipinski definition) is 0. The molecule has 26 heavy (non-hydrogen) atoms. The number of benzene rings is 2. The van der Waals surface area contributed by atoms with Gasteiger partial charge < -0.3 is 0 Å². The fourth-order valence-electron chi connectivity index (χ4n) is 4.40. The van der Waals surface area contributed by atoms with Crippen molar-refractivity contribution in [1.82, 2.24) is 4.98 Å². The molecule has 134 valence electrons. The van der Waals surface area contributed by atoms with Crippen LogP contribution < -0.4 is 0 Å². The summed E-state index contributed by atoms with van der Waals surface area (Å²) in [5, 5.41) is 2.56. The van der Waals surface area contributed by atoms with Gasteiger partial charge in [0.25, 0.3) is 0 Å². The van der Waals surface area contributed by atoms with Gasteiger partial charge in [-0.3, -0.25) is 4.98 Å². The lowest BCUT2D eigenvalue weighted by Gasteiger charge is -2.17. The maximum absolute atomic E-state index is 4.82. The maximum Gasteiger partial charge on any atom is 0.0783 e. The highest BCUT2D eigenvalue weighted by Crippen LogP contribution is 2.39. The van der Waals surface area contributed by atoms with Crippen molar-refractivity contribution in [2.75, 3.05) is 0 Å². The van der Waals surface area contributed by atoms with Crippen molar-refractivity contribution in [3.63, 3.8) is 0 Å². The largest absolute Gasteiger partial charge is 0.256 e. The third-order valence-electron chi connectivity index (χ3n) is 6.23. The van der Waals surface area contributed by atoms with Crippen LogP contribution in [0.1, 0.15) is 73.6 Å². The SMILES string of the molecule is Cc1cc(C2CCCC2)cc(-c2nccc3cc(C(C)C)ccc23)c1C. The first-order valence-corrected chi connectivity index (χ1v) is 10.0. The maximum atomic E-state index is 4.82. The van der Waals surface area contributed by atoms with E-state index >= 15 is 0 Å². The van der Waals surface area contributed by atoms with Gasteiger partial charge >= 0.3 is 0 Å². The van der Waals surface area contributed by atoms with Crippen LogP contribution in [0.4, 0.5) is 0 Å². The zero-order chi connectivity index (χ0) is 18.3. The van der Waals surface area contributed by atoms with Crippen molar-refractivity contribution in [2.45, 2.75) is 65.2 Å². The quantitative estimate of drug-likeness (QED) is 0.486. The first-order valence-electron chi connectivity index (χ1n) is 10.0. The highest BCUT2D eigenvalue weighted by molar-refractivity contribution is 5.95. The third kappa shape index (κ3) is 3.05. The smallest absolute Gasteiger partial charge is 0.0783 e. The molecule has 1 saturated carbocycles. The second-order valence-corrected chi connectivity index (χ2v) is 8.29. The summed E-state index contributed by atoms with van der Waals surface area (Å²) >= 11 is 0. The number of aromatic nitrogens is 1. The lowest BCUT2D eigenvalue weighted by molar-refractivity contribution is 0.722. The summed E-state index contributed by atoms with van der Waals surface area (Å²) < 4.78 is 0. The van der Waals surface area contributed by atoms with E-state index in [4.69, 9.17) is 4.98 Å². The van der Waals surface area contributed by atoms with E-state index in [0.717, 1.165) is 11.6 Å². The van der Waals surface area contributed by atoms with E-state index in [2.05, 4.69) is 64.1 Å². The van der Waals surface area contributed by atoms with E-state index in [1.165, 1.54) is 64.3 Å². The van der Waals surface area contributed by atoms with E-state index < -0.39 is 0 Å². The number of aryl methyl sites for hydroxylation is 1. The standard InChI is InChI=1S/C25H29N/c1-16(2)20-9-10-23-21(14-20)11-12-26-25(23)24-15-22(13-17(3)18(24)4)19-7-5-6-8-19/h9-16,19H,5-8H2,1-4H3. The molecule has 3 aromatic rings. The lowest BCUT2D eigenvalue weighted by atomic mass is 9.89. The Balaban J connectivity index is 1.89. The number of fused-ring (bicyclic) bond motifs is 1. The second-order valence-electron chi connectivity index (χ2n) is 8.29. The van der Waals surface area contributed by atoms with Crippen molar-refractivity contribution >= 4 is 10.8 Å². The molecule has 4 rings (SSSR count). The predicted octanol–water partition coefficient (Wildman–Crippen LogP) is 7.30. The highest BCUT2D eigenvalue weighted by atomic mass is 14.7. The Bertz CT molecular complexity index is 946. The molecule has 2 aromatic carbocycles. The molecule has 0 atom stereocenters. The van der Waals surface area contributed by atoms with Crippen molar-refractivity contribution in [3.8, 4) is 11.3 Å². The van der Waals surface area contributed by atoms with Gasteiger partial charge in [-0.2, -0.15) is 0 Å². The molecule has 0 radical (unpaired) electrons. The summed E-state index contributed by atoms with van der Waals surface area (Å²) in [6, 6.07) is 13.8. The summed E-state index contributed by atoms with van der Waals surface area (Å²) in [5.41, 5.74) is 8.11. The molecule has 1 aliphatic rings. The lowest BCUT2D eigenvalue weighted by Crippen LogP contribution is -1.98. The number of rotatable bonds is 3. The van der Waals surface area contributed by atoms with Crippen molar-refractivity contribution in [3.05, 3.63) is 64.8 Å². The number of hydrogen-bond acceptors (Lipinski definition) is 1. The van der Waals surface area contributed by atoms with Crippen LogP contribution in [-0.2, 0) is 0 Å². The zero-order valence-electron chi connectivity index (χ0n) is 16.5. The zero-order valence-corrected chi connectivity index (χ0v) is 16.5. The molecule has 0 aliphatic heterocycles. The Morgan fingerprint density at radius 1 is 0.962 bits per heavy atom. The fourth-order valence-corrected chi connectivity index (χ4v) is 4.40. The minimum absolute atomic E-state index is 0.547. The molecule has 1 fully saturated rings. The van der Waals surface area contributed by atoms with Gasteiger partial charge in [0.15, 0.2) is 0 Å². The van der Waals surface area contributed by atoms with E-state index in [0.29, 0.717) is 5.92 Å². The molecular weight excluding hydrogens is 314 g/mol. The Hall–Kier alpha value is -2.15. The molecule has 0 unspecified atom stereocenters. The third-order valence-corrected chi connectivity index (χ3v) is 6.23. The van der Waals surface area contributed by atoms with E-state index in [9.17, 15) is 0 Å². The molecule has 1 aromatic heterocycles. The van der Waals surface area contributed by atoms with E-state index in [-0.39, 0.29) is 0 Å². The summed E-state index contributed by atoms with van der Waals surface area (Å²) in [6.45, 7) is 9.00. The fraction of sp³-hybridized carbons (Fsp3) is 0.400. The number of pyridine rings is 1. The molecule has 0 bridgehead atoms. The van der Waals surface area contributed by atoms with Gasteiger partial charge in [-0.1, -0.05) is 51.0 Å². The normalized spacial score (nSPS) is 15.3. The van der Waals surface area contributed by atoms with Crippen LogP contribution in [0, 0.1) is 13.8 Å². The Labute approximate surface area is 157 Å². The van der Waals surface area contributed by atoms with Crippen LogP contribution in [0.3, 0.4) is 0 Å². The van der Waals surface area contributed by atoms with Crippen LogP contribution in [0.15, 0.2) is 42.6 Å². The minimum atomic E-state index is 0.547. The Kier molecular flexibility index (Phi) is 4.56. The molecular formula is C25H29N. The monoisotopic (exact) mass is 343 g/mol. The summed E-state index contributed by atoms with van der Waals surface area (Å²) in [7, 11) is 0. The van der Waals surface area contributed by atoms with Gasteiger partial charge in [0.2, 0.25) is 0 Å².